The summed E-state index contributed by atoms with van der Waals surface area (Å²) in [6.45, 7) is 1.90. The maximum Gasteiger partial charge on any atom is 0.193 e. The average molecular weight is 236 g/mol. The van der Waals surface area contributed by atoms with E-state index in [9.17, 15) is 4.79 Å². The minimum Gasteiger partial charge on any atom is -0.461 e. The topological polar surface area (TPSA) is 30.2 Å². The highest BCUT2D eigenvalue weighted by atomic mass is 16.3. The third-order valence-corrected chi connectivity index (χ3v) is 2.94. The van der Waals surface area contributed by atoms with Gasteiger partial charge in [0.15, 0.2) is 5.78 Å². The highest BCUT2D eigenvalue weighted by molar-refractivity contribution is 6.10. The molecule has 0 saturated heterocycles. The Morgan fingerprint density at radius 2 is 1.72 bits per heavy atom. The largest absolute Gasteiger partial charge is 0.461 e. The molecule has 2 aromatic carbocycles. The van der Waals surface area contributed by atoms with Crippen LogP contribution >= 0.6 is 0 Å². The monoisotopic (exact) mass is 236 g/mol. The lowest BCUT2D eigenvalue weighted by molar-refractivity contribution is 0.103. The van der Waals surface area contributed by atoms with Crippen molar-refractivity contribution in [1.82, 2.24) is 0 Å². The van der Waals surface area contributed by atoms with Crippen LogP contribution in [-0.4, -0.2) is 5.78 Å². The first-order chi connectivity index (χ1) is 8.74. The second-order valence-corrected chi connectivity index (χ2v) is 4.30. The molecule has 0 N–H and O–H groups in total. The Morgan fingerprint density at radius 1 is 0.944 bits per heavy atom. The Labute approximate surface area is 105 Å². The van der Waals surface area contributed by atoms with E-state index in [0.717, 1.165) is 16.7 Å². The molecule has 0 aliphatic heterocycles. The first kappa shape index (κ1) is 10.8. The number of ketones is 1. The van der Waals surface area contributed by atoms with Gasteiger partial charge in [0.2, 0.25) is 0 Å². The van der Waals surface area contributed by atoms with E-state index in [-0.39, 0.29) is 5.78 Å². The minimum absolute atomic E-state index is 0.0383. The highest BCUT2D eigenvalue weighted by Gasteiger charge is 2.10. The molecule has 0 aliphatic rings. The van der Waals surface area contributed by atoms with Crippen molar-refractivity contribution in [2.24, 2.45) is 0 Å². The van der Waals surface area contributed by atoms with E-state index in [4.69, 9.17) is 4.42 Å². The Morgan fingerprint density at radius 3 is 2.50 bits per heavy atom. The van der Waals surface area contributed by atoms with Crippen LogP contribution in [0.3, 0.4) is 0 Å². The third kappa shape index (κ3) is 1.82. The fraction of sp³-hybridized carbons (Fsp3) is 0.0625. The SMILES string of the molecule is Cc1cc2cc(C(=O)c3ccccc3)ccc2o1. The molecule has 1 aromatic heterocycles. The Bertz CT molecular complexity index is 708. The van der Waals surface area contributed by atoms with Crippen molar-refractivity contribution >= 4 is 16.8 Å². The van der Waals surface area contributed by atoms with Crippen LogP contribution in [0.4, 0.5) is 0 Å². The standard InChI is InChI=1S/C16H12O2/c1-11-9-14-10-13(7-8-15(14)18-11)16(17)12-5-3-2-4-6-12/h2-10H,1H3. The minimum atomic E-state index is 0.0383. The number of benzene rings is 2. The van der Waals surface area contributed by atoms with Gasteiger partial charge in [-0.3, -0.25) is 4.79 Å². The van der Waals surface area contributed by atoms with E-state index in [2.05, 4.69) is 0 Å². The normalized spacial score (nSPS) is 10.7. The fourth-order valence-corrected chi connectivity index (χ4v) is 2.07. The van der Waals surface area contributed by atoms with E-state index in [1.165, 1.54) is 0 Å². The number of hydrogen-bond acceptors (Lipinski definition) is 2. The molecule has 1 heterocycles. The molecule has 2 heteroatoms. The number of carbonyl (C=O) groups excluding carboxylic acids is 1. The van der Waals surface area contributed by atoms with Crippen LogP contribution in [0.1, 0.15) is 21.7 Å². The van der Waals surface area contributed by atoms with Gasteiger partial charge >= 0.3 is 0 Å². The van der Waals surface area contributed by atoms with Crippen molar-refractivity contribution in [2.75, 3.05) is 0 Å². The quantitative estimate of drug-likeness (QED) is 0.630. The molecule has 0 amide bonds. The molecule has 2 nitrogen and oxygen atoms in total. The van der Waals surface area contributed by atoms with Crippen LogP contribution in [0.15, 0.2) is 59.0 Å². The predicted octanol–water partition coefficient (Wildman–Crippen LogP) is 3.97. The summed E-state index contributed by atoms with van der Waals surface area (Å²) in [7, 11) is 0. The molecule has 0 unspecified atom stereocenters. The molecule has 0 saturated carbocycles. The molecule has 0 aliphatic carbocycles. The van der Waals surface area contributed by atoms with Crippen LogP contribution in [0, 0.1) is 6.92 Å². The Kier molecular flexibility index (Phi) is 2.49. The smallest absolute Gasteiger partial charge is 0.193 e. The molecule has 0 radical (unpaired) electrons. The summed E-state index contributed by atoms with van der Waals surface area (Å²) in [6, 6.07) is 16.8. The van der Waals surface area contributed by atoms with Crippen molar-refractivity contribution in [1.29, 1.82) is 0 Å². The van der Waals surface area contributed by atoms with Gasteiger partial charge in [0.05, 0.1) is 0 Å². The summed E-state index contributed by atoms with van der Waals surface area (Å²) in [6.07, 6.45) is 0. The molecule has 0 atom stereocenters. The van der Waals surface area contributed by atoms with Crippen molar-refractivity contribution in [3.8, 4) is 0 Å². The number of furan rings is 1. The van der Waals surface area contributed by atoms with Crippen molar-refractivity contribution in [3.63, 3.8) is 0 Å². The lowest BCUT2D eigenvalue weighted by atomic mass is 10.0. The first-order valence-corrected chi connectivity index (χ1v) is 5.84. The van der Waals surface area contributed by atoms with Crippen molar-refractivity contribution in [2.45, 2.75) is 6.92 Å². The zero-order chi connectivity index (χ0) is 12.5. The van der Waals surface area contributed by atoms with E-state index < -0.39 is 0 Å². The highest BCUT2D eigenvalue weighted by Crippen LogP contribution is 2.21. The van der Waals surface area contributed by atoms with Crippen LogP contribution in [0.25, 0.3) is 11.0 Å². The van der Waals surface area contributed by atoms with Gasteiger partial charge in [0, 0.05) is 16.5 Å². The third-order valence-electron chi connectivity index (χ3n) is 2.94. The van der Waals surface area contributed by atoms with Crippen LogP contribution < -0.4 is 0 Å². The van der Waals surface area contributed by atoms with Gasteiger partial charge in [-0.2, -0.15) is 0 Å². The maximum absolute atomic E-state index is 12.3. The van der Waals surface area contributed by atoms with Gasteiger partial charge in [0.1, 0.15) is 11.3 Å². The average Bonchev–Trinajstić information content (AvgIpc) is 2.78. The maximum atomic E-state index is 12.3. The van der Waals surface area contributed by atoms with E-state index >= 15 is 0 Å². The molecule has 18 heavy (non-hydrogen) atoms. The number of aryl methyl sites for hydroxylation is 1. The van der Waals surface area contributed by atoms with Crippen LogP contribution in [-0.2, 0) is 0 Å². The predicted molar refractivity (Wildman–Crippen MR) is 70.8 cm³/mol. The molecular weight excluding hydrogens is 224 g/mol. The lowest BCUT2D eigenvalue weighted by Gasteiger charge is -2.00. The van der Waals surface area contributed by atoms with Crippen LogP contribution in [0.2, 0.25) is 0 Å². The summed E-state index contributed by atoms with van der Waals surface area (Å²) in [4.78, 5) is 12.3. The number of fused-ring (bicyclic) bond motifs is 1. The van der Waals surface area contributed by atoms with E-state index in [1.54, 1.807) is 6.07 Å². The molecule has 0 spiro atoms. The van der Waals surface area contributed by atoms with Gasteiger partial charge in [-0.15, -0.1) is 0 Å². The summed E-state index contributed by atoms with van der Waals surface area (Å²) in [5, 5.41) is 0.967. The Balaban J connectivity index is 2.06. The van der Waals surface area contributed by atoms with Crippen molar-refractivity contribution < 1.29 is 9.21 Å². The zero-order valence-corrected chi connectivity index (χ0v) is 10.0. The summed E-state index contributed by atoms with van der Waals surface area (Å²) in [5.74, 6) is 0.894. The van der Waals surface area contributed by atoms with Gasteiger partial charge in [0.25, 0.3) is 0 Å². The first-order valence-electron chi connectivity index (χ1n) is 5.84. The lowest BCUT2D eigenvalue weighted by Crippen LogP contribution is -2.00. The summed E-state index contributed by atoms with van der Waals surface area (Å²) in [5.41, 5.74) is 2.21. The molecule has 3 aromatic rings. The van der Waals surface area contributed by atoms with Gasteiger partial charge in [-0.25, -0.2) is 0 Å². The molecule has 3 rings (SSSR count). The molecule has 0 fully saturated rings. The Hall–Kier alpha value is -2.35. The van der Waals surface area contributed by atoms with Gasteiger partial charge in [-0.05, 0) is 31.2 Å². The van der Waals surface area contributed by atoms with E-state index in [0.29, 0.717) is 11.1 Å². The number of carbonyl (C=O) groups is 1. The number of hydrogen-bond donors (Lipinski definition) is 0. The summed E-state index contributed by atoms with van der Waals surface area (Å²) < 4.78 is 5.50. The van der Waals surface area contributed by atoms with Gasteiger partial charge in [-0.1, -0.05) is 30.3 Å². The second-order valence-electron chi connectivity index (χ2n) is 4.30. The number of rotatable bonds is 2. The van der Waals surface area contributed by atoms with Crippen molar-refractivity contribution in [3.05, 3.63) is 71.5 Å². The fourth-order valence-electron chi connectivity index (χ4n) is 2.07. The van der Waals surface area contributed by atoms with E-state index in [1.807, 2.05) is 55.5 Å². The zero-order valence-electron chi connectivity index (χ0n) is 10.0. The molecule has 0 bridgehead atoms. The molecule has 88 valence electrons. The van der Waals surface area contributed by atoms with Gasteiger partial charge < -0.3 is 4.42 Å². The van der Waals surface area contributed by atoms with Crippen LogP contribution in [0.5, 0.6) is 0 Å². The second kappa shape index (κ2) is 4.15. The molecular formula is C16H12O2. The summed E-state index contributed by atoms with van der Waals surface area (Å²) >= 11 is 0.